The molecule has 0 fully saturated rings. The summed E-state index contributed by atoms with van der Waals surface area (Å²) in [4.78, 5) is 21.7. The van der Waals surface area contributed by atoms with Crippen molar-refractivity contribution in [2.75, 3.05) is 13.2 Å². The van der Waals surface area contributed by atoms with Crippen molar-refractivity contribution in [1.29, 1.82) is 0 Å². The second kappa shape index (κ2) is 33.6. The fourth-order valence-electron chi connectivity index (χ4n) is 4.29. The van der Waals surface area contributed by atoms with Gasteiger partial charge in [0.05, 0.1) is 13.2 Å². The van der Waals surface area contributed by atoms with Crippen molar-refractivity contribution in [1.82, 2.24) is 0 Å². The SMILES string of the molecule is CCCCCCCCCCCC(CC)OC(=O)O.CCCCCCCCOC(=O)OCCCCCCCC. The summed E-state index contributed by atoms with van der Waals surface area (Å²) in [6.07, 6.45) is 26.0. The van der Waals surface area contributed by atoms with E-state index >= 15 is 0 Å². The molecule has 6 heteroatoms. The molecule has 0 heterocycles. The van der Waals surface area contributed by atoms with Gasteiger partial charge >= 0.3 is 12.3 Å². The molecule has 6 nitrogen and oxygen atoms in total. The van der Waals surface area contributed by atoms with E-state index in [9.17, 15) is 9.59 Å². The van der Waals surface area contributed by atoms with E-state index in [0.29, 0.717) is 13.2 Å². The Morgan fingerprint density at radius 2 is 0.868 bits per heavy atom. The van der Waals surface area contributed by atoms with E-state index in [1.165, 1.54) is 103 Å². The summed E-state index contributed by atoms with van der Waals surface area (Å²) >= 11 is 0. The highest BCUT2D eigenvalue weighted by Gasteiger charge is 2.10. The zero-order valence-corrected chi connectivity index (χ0v) is 25.7. The molecule has 0 aromatic rings. The molecular weight excluding hydrogens is 480 g/mol. The number of unbranched alkanes of at least 4 members (excludes halogenated alkanes) is 18. The molecule has 38 heavy (non-hydrogen) atoms. The smallest absolute Gasteiger partial charge is 0.450 e. The summed E-state index contributed by atoms with van der Waals surface area (Å²) in [5.41, 5.74) is 0. The standard InChI is InChI=1S/C17H34O3.C15H30O3/c1-3-5-7-9-11-13-15-19-17(18)20-16-14-12-10-8-6-4-2;1-3-5-6-7-8-9-10-11-12-13-14(4-2)18-15(16)17/h3-16H2,1-2H3;14H,3-13H2,1-2H3,(H,16,17). The van der Waals surface area contributed by atoms with Crippen LogP contribution in [0.25, 0.3) is 0 Å². The molecule has 0 saturated heterocycles. The van der Waals surface area contributed by atoms with Gasteiger partial charge in [0.25, 0.3) is 0 Å². The first kappa shape index (κ1) is 38.7. The topological polar surface area (TPSA) is 82.1 Å². The van der Waals surface area contributed by atoms with Crippen LogP contribution in [0.1, 0.15) is 175 Å². The molecule has 0 amide bonds. The van der Waals surface area contributed by atoms with E-state index in [1.807, 2.05) is 6.92 Å². The lowest BCUT2D eigenvalue weighted by Crippen LogP contribution is -2.15. The zero-order chi connectivity index (χ0) is 28.5. The molecule has 228 valence electrons. The van der Waals surface area contributed by atoms with E-state index in [-0.39, 0.29) is 6.10 Å². The Morgan fingerprint density at radius 3 is 1.21 bits per heavy atom. The molecule has 1 unspecified atom stereocenters. The Bertz CT molecular complexity index is 463. The van der Waals surface area contributed by atoms with Crippen LogP contribution in [0.2, 0.25) is 0 Å². The van der Waals surface area contributed by atoms with Gasteiger partial charge in [-0.15, -0.1) is 0 Å². The summed E-state index contributed by atoms with van der Waals surface area (Å²) in [5, 5.41) is 8.54. The van der Waals surface area contributed by atoms with Crippen molar-refractivity contribution in [3.8, 4) is 0 Å². The predicted molar refractivity (Wildman–Crippen MR) is 159 cm³/mol. The highest BCUT2D eigenvalue weighted by atomic mass is 16.7. The third-order valence-corrected chi connectivity index (χ3v) is 6.79. The summed E-state index contributed by atoms with van der Waals surface area (Å²) < 4.78 is 14.9. The fraction of sp³-hybridized carbons (Fsp3) is 0.938. The van der Waals surface area contributed by atoms with E-state index in [2.05, 4.69) is 20.8 Å². The Balaban J connectivity index is 0. The number of rotatable bonds is 26. The molecule has 0 aromatic heterocycles. The van der Waals surface area contributed by atoms with Crippen molar-refractivity contribution in [3.05, 3.63) is 0 Å². The maximum Gasteiger partial charge on any atom is 0.508 e. The Labute approximate surface area is 236 Å². The van der Waals surface area contributed by atoms with Crippen LogP contribution < -0.4 is 0 Å². The molecule has 0 aliphatic heterocycles. The first-order valence-electron chi connectivity index (χ1n) is 16.2. The van der Waals surface area contributed by atoms with E-state index in [4.69, 9.17) is 19.3 Å². The van der Waals surface area contributed by atoms with Crippen LogP contribution in [0.4, 0.5) is 9.59 Å². The summed E-state index contributed by atoms with van der Waals surface area (Å²) in [6, 6.07) is 0. The van der Waals surface area contributed by atoms with Crippen LogP contribution in [0.5, 0.6) is 0 Å². The minimum atomic E-state index is -1.14. The third kappa shape index (κ3) is 34.5. The van der Waals surface area contributed by atoms with Crippen LogP contribution in [-0.4, -0.2) is 36.7 Å². The van der Waals surface area contributed by atoms with Crippen molar-refractivity contribution >= 4 is 12.3 Å². The first-order valence-corrected chi connectivity index (χ1v) is 16.2. The average Bonchev–Trinajstić information content (AvgIpc) is 2.90. The molecule has 0 aliphatic rings. The first-order chi connectivity index (χ1) is 18.5. The average molecular weight is 545 g/mol. The lowest BCUT2D eigenvalue weighted by atomic mass is 10.0. The van der Waals surface area contributed by atoms with Gasteiger partial charge in [0.1, 0.15) is 6.10 Å². The monoisotopic (exact) mass is 544 g/mol. The lowest BCUT2D eigenvalue weighted by Gasteiger charge is -2.13. The number of carbonyl (C=O) groups excluding carboxylic acids is 1. The van der Waals surface area contributed by atoms with Gasteiger partial charge in [-0.3, -0.25) is 0 Å². The molecule has 0 radical (unpaired) electrons. The largest absolute Gasteiger partial charge is 0.508 e. The van der Waals surface area contributed by atoms with E-state index in [0.717, 1.165) is 44.9 Å². The third-order valence-electron chi connectivity index (χ3n) is 6.79. The van der Waals surface area contributed by atoms with Gasteiger partial charge in [0.15, 0.2) is 0 Å². The van der Waals surface area contributed by atoms with Gasteiger partial charge in [0.2, 0.25) is 0 Å². The summed E-state index contributed by atoms with van der Waals surface area (Å²) in [6.45, 7) is 9.64. The van der Waals surface area contributed by atoms with Crippen molar-refractivity contribution in [2.24, 2.45) is 0 Å². The second-order valence-electron chi connectivity index (χ2n) is 10.5. The van der Waals surface area contributed by atoms with Crippen molar-refractivity contribution < 1.29 is 28.9 Å². The van der Waals surface area contributed by atoms with Crippen LogP contribution in [0, 0.1) is 0 Å². The van der Waals surface area contributed by atoms with Gasteiger partial charge < -0.3 is 19.3 Å². The van der Waals surface area contributed by atoms with Gasteiger partial charge in [0, 0.05) is 0 Å². The molecule has 0 bridgehead atoms. The number of hydrogen-bond acceptors (Lipinski definition) is 5. The molecule has 1 N–H and O–H groups in total. The lowest BCUT2D eigenvalue weighted by molar-refractivity contribution is 0.0453. The minimum absolute atomic E-state index is 0.105. The van der Waals surface area contributed by atoms with Gasteiger partial charge in [-0.05, 0) is 32.1 Å². The second-order valence-corrected chi connectivity index (χ2v) is 10.5. The predicted octanol–water partition coefficient (Wildman–Crippen LogP) is 11.2. The molecule has 0 saturated carbocycles. The zero-order valence-electron chi connectivity index (χ0n) is 25.7. The summed E-state index contributed by atoms with van der Waals surface area (Å²) in [5.74, 6) is 0. The van der Waals surface area contributed by atoms with Gasteiger partial charge in [-0.2, -0.15) is 0 Å². The Morgan fingerprint density at radius 1 is 0.526 bits per heavy atom. The summed E-state index contributed by atoms with van der Waals surface area (Å²) in [7, 11) is 0. The quantitative estimate of drug-likeness (QED) is 0.0861. The van der Waals surface area contributed by atoms with Crippen LogP contribution >= 0.6 is 0 Å². The highest BCUT2D eigenvalue weighted by molar-refractivity contribution is 5.59. The number of hydrogen-bond donors (Lipinski definition) is 1. The van der Waals surface area contributed by atoms with Crippen molar-refractivity contribution in [3.63, 3.8) is 0 Å². The van der Waals surface area contributed by atoms with E-state index < -0.39 is 12.3 Å². The Hall–Kier alpha value is -1.46. The minimum Gasteiger partial charge on any atom is -0.450 e. The maximum absolute atomic E-state index is 11.3. The maximum atomic E-state index is 11.3. The fourth-order valence-corrected chi connectivity index (χ4v) is 4.29. The van der Waals surface area contributed by atoms with E-state index in [1.54, 1.807) is 0 Å². The van der Waals surface area contributed by atoms with Gasteiger partial charge in [-0.25, -0.2) is 9.59 Å². The molecule has 0 aromatic carbocycles. The molecular formula is C32H64O6. The van der Waals surface area contributed by atoms with Gasteiger partial charge in [-0.1, -0.05) is 143 Å². The van der Waals surface area contributed by atoms with Crippen LogP contribution in [0.15, 0.2) is 0 Å². The van der Waals surface area contributed by atoms with Crippen LogP contribution in [0.3, 0.4) is 0 Å². The molecule has 0 spiro atoms. The van der Waals surface area contributed by atoms with Crippen LogP contribution in [-0.2, 0) is 14.2 Å². The number of carboxylic acid groups (broad SMARTS) is 1. The number of carbonyl (C=O) groups is 2. The van der Waals surface area contributed by atoms with Crippen molar-refractivity contribution in [2.45, 2.75) is 181 Å². The highest BCUT2D eigenvalue weighted by Crippen LogP contribution is 2.14. The normalized spacial score (nSPS) is 11.4. The molecule has 1 atom stereocenters. The molecule has 0 aliphatic carbocycles. The Kier molecular flexibility index (Phi) is 34.2. The number of ether oxygens (including phenoxy) is 3. The molecule has 0 rings (SSSR count).